The SMILES string of the molecule is COc1cnc(Cl)cc1-c1cc(C)ncc1C(=O)Nc1nc2c(s1)CN(C(=O)c1cc(Cl)ccn1)C2. The van der Waals surface area contributed by atoms with Gasteiger partial charge in [0.1, 0.15) is 16.6 Å². The fourth-order valence-corrected chi connectivity index (χ4v) is 5.14. The Balaban J connectivity index is 1.36. The largest absolute Gasteiger partial charge is 0.494 e. The number of halogens is 2. The molecular formula is C24H18Cl2N6O3S. The zero-order valence-corrected chi connectivity index (χ0v) is 21.4. The number of hydrogen-bond acceptors (Lipinski definition) is 8. The zero-order valence-electron chi connectivity index (χ0n) is 19.1. The second kappa shape index (κ2) is 9.81. The Morgan fingerprint density at radius 2 is 1.92 bits per heavy atom. The fraction of sp³-hybridized carbons (Fsp3) is 0.167. The lowest BCUT2D eigenvalue weighted by atomic mass is 10.0. The number of carbonyl (C=O) groups is 2. The Morgan fingerprint density at radius 1 is 1.08 bits per heavy atom. The topological polar surface area (TPSA) is 110 Å². The maximum atomic E-state index is 13.3. The normalized spacial score (nSPS) is 12.4. The van der Waals surface area contributed by atoms with Crippen molar-refractivity contribution >= 4 is 51.5 Å². The van der Waals surface area contributed by atoms with E-state index in [1.54, 1.807) is 23.1 Å². The Hall–Kier alpha value is -3.60. The maximum Gasteiger partial charge on any atom is 0.273 e. The third kappa shape index (κ3) is 4.75. The molecular weight excluding hydrogens is 523 g/mol. The molecule has 0 bridgehead atoms. The van der Waals surface area contributed by atoms with Crippen LogP contribution in [0.15, 0.2) is 42.9 Å². The minimum Gasteiger partial charge on any atom is -0.494 e. The van der Waals surface area contributed by atoms with Gasteiger partial charge in [-0.05, 0) is 31.2 Å². The summed E-state index contributed by atoms with van der Waals surface area (Å²) in [4.78, 5) is 45.5. The average Bonchev–Trinajstić information content (AvgIpc) is 3.42. The van der Waals surface area contributed by atoms with Gasteiger partial charge in [-0.25, -0.2) is 9.97 Å². The van der Waals surface area contributed by atoms with Crippen LogP contribution in [-0.4, -0.2) is 43.8 Å². The number of nitrogens with one attached hydrogen (secondary N) is 1. The fourth-order valence-electron chi connectivity index (χ4n) is 3.84. The van der Waals surface area contributed by atoms with Crippen molar-refractivity contribution in [2.75, 3.05) is 12.4 Å². The number of rotatable bonds is 5. The number of thiazole rings is 1. The van der Waals surface area contributed by atoms with Gasteiger partial charge in [0.15, 0.2) is 5.13 Å². The van der Waals surface area contributed by atoms with E-state index < -0.39 is 0 Å². The Morgan fingerprint density at radius 3 is 2.67 bits per heavy atom. The van der Waals surface area contributed by atoms with Gasteiger partial charge < -0.3 is 9.64 Å². The number of aromatic nitrogens is 4. The molecule has 182 valence electrons. The Labute approximate surface area is 220 Å². The molecule has 0 aromatic carbocycles. The summed E-state index contributed by atoms with van der Waals surface area (Å²) in [6, 6.07) is 6.58. The summed E-state index contributed by atoms with van der Waals surface area (Å²) in [7, 11) is 1.52. The molecule has 4 aromatic rings. The van der Waals surface area contributed by atoms with Crippen LogP contribution in [0, 0.1) is 6.92 Å². The maximum absolute atomic E-state index is 13.3. The molecule has 36 heavy (non-hydrogen) atoms. The van der Waals surface area contributed by atoms with E-state index in [4.69, 9.17) is 27.9 Å². The lowest BCUT2D eigenvalue weighted by Crippen LogP contribution is -2.26. The van der Waals surface area contributed by atoms with Gasteiger partial charge in [-0.3, -0.25) is 24.9 Å². The average molecular weight is 541 g/mol. The standard InChI is InChI=1S/C24H18Cl2N6O3S/c1-12-5-14(15-7-21(26)29-9-19(15)35-2)16(8-28-12)22(33)31-24-30-18-10-32(11-20(18)36-24)23(34)17-6-13(25)3-4-27-17/h3-9H,10-11H2,1-2H3,(H,30,31,33). The number of hydrogen-bond donors (Lipinski definition) is 1. The predicted octanol–water partition coefficient (Wildman–Crippen LogP) is 5.03. The third-order valence-electron chi connectivity index (χ3n) is 5.53. The van der Waals surface area contributed by atoms with Crippen molar-refractivity contribution < 1.29 is 14.3 Å². The lowest BCUT2D eigenvalue weighted by molar-refractivity contribution is 0.0744. The molecule has 1 aliphatic rings. The molecule has 0 atom stereocenters. The molecule has 4 aromatic heterocycles. The van der Waals surface area contributed by atoms with E-state index in [1.165, 1.54) is 43.1 Å². The van der Waals surface area contributed by atoms with Gasteiger partial charge in [0, 0.05) is 34.2 Å². The number of nitrogens with zero attached hydrogens (tertiary/aromatic N) is 5. The molecule has 9 nitrogen and oxygen atoms in total. The highest BCUT2D eigenvalue weighted by atomic mass is 35.5. The monoisotopic (exact) mass is 540 g/mol. The van der Waals surface area contributed by atoms with E-state index in [2.05, 4.69) is 25.3 Å². The highest BCUT2D eigenvalue weighted by molar-refractivity contribution is 7.16. The first-order valence-electron chi connectivity index (χ1n) is 10.7. The first-order valence-corrected chi connectivity index (χ1v) is 12.3. The highest BCUT2D eigenvalue weighted by Gasteiger charge is 2.29. The molecule has 0 radical (unpaired) electrons. The van der Waals surface area contributed by atoms with Crippen molar-refractivity contribution in [3.8, 4) is 16.9 Å². The van der Waals surface area contributed by atoms with Crippen molar-refractivity contribution in [1.82, 2.24) is 24.8 Å². The smallest absolute Gasteiger partial charge is 0.273 e. The highest BCUT2D eigenvalue weighted by Crippen LogP contribution is 2.35. The molecule has 0 unspecified atom stereocenters. The van der Waals surface area contributed by atoms with Gasteiger partial charge in [0.2, 0.25) is 0 Å². The molecule has 5 rings (SSSR count). The number of carbonyl (C=O) groups excluding carboxylic acids is 2. The van der Waals surface area contributed by atoms with Crippen LogP contribution in [0.3, 0.4) is 0 Å². The van der Waals surface area contributed by atoms with E-state index >= 15 is 0 Å². The van der Waals surface area contributed by atoms with Gasteiger partial charge >= 0.3 is 0 Å². The number of methoxy groups -OCH3 is 1. The van der Waals surface area contributed by atoms with Crippen LogP contribution in [0.25, 0.3) is 11.1 Å². The summed E-state index contributed by atoms with van der Waals surface area (Å²) >= 11 is 13.4. The third-order valence-corrected chi connectivity index (χ3v) is 6.97. The summed E-state index contributed by atoms with van der Waals surface area (Å²) in [6.07, 6.45) is 4.51. The minimum absolute atomic E-state index is 0.228. The van der Waals surface area contributed by atoms with Crippen molar-refractivity contribution in [3.63, 3.8) is 0 Å². The van der Waals surface area contributed by atoms with E-state index in [0.717, 1.165) is 16.3 Å². The van der Waals surface area contributed by atoms with Crippen LogP contribution in [0.2, 0.25) is 10.2 Å². The van der Waals surface area contributed by atoms with Crippen LogP contribution >= 0.6 is 34.5 Å². The van der Waals surface area contributed by atoms with Crippen LogP contribution < -0.4 is 10.1 Å². The predicted molar refractivity (Wildman–Crippen MR) is 137 cm³/mol. The molecule has 0 fully saturated rings. The molecule has 12 heteroatoms. The molecule has 1 aliphatic heterocycles. The molecule has 0 saturated heterocycles. The van der Waals surface area contributed by atoms with Crippen LogP contribution in [0.4, 0.5) is 5.13 Å². The quantitative estimate of drug-likeness (QED) is 0.353. The first kappa shape index (κ1) is 24.1. The molecule has 0 spiro atoms. The van der Waals surface area contributed by atoms with Gasteiger partial charge in [-0.1, -0.05) is 34.5 Å². The first-order chi connectivity index (χ1) is 17.3. The molecule has 2 amide bonds. The zero-order chi connectivity index (χ0) is 25.4. The second-order valence-corrected chi connectivity index (χ2v) is 9.85. The van der Waals surface area contributed by atoms with Gasteiger partial charge in [0.25, 0.3) is 11.8 Å². The Bertz CT molecular complexity index is 1490. The van der Waals surface area contributed by atoms with Crippen molar-refractivity contribution in [1.29, 1.82) is 0 Å². The molecule has 1 N–H and O–H groups in total. The number of amides is 2. The molecule has 5 heterocycles. The second-order valence-electron chi connectivity index (χ2n) is 7.94. The minimum atomic E-state index is -0.379. The van der Waals surface area contributed by atoms with Gasteiger partial charge in [0.05, 0.1) is 42.5 Å². The van der Waals surface area contributed by atoms with Gasteiger partial charge in [-0.15, -0.1) is 0 Å². The van der Waals surface area contributed by atoms with Crippen LogP contribution in [0.5, 0.6) is 5.75 Å². The number of pyridine rings is 3. The summed E-state index contributed by atoms with van der Waals surface area (Å²) < 4.78 is 5.43. The van der Waals surface area contributed by atoms with E-state index in [9.17, 15) is 9.59 Å². The van der Waals surface area contributed by atoms with Crippen LogP contribution in [0.1, 0.15) is 37.1 Å². The van der Waals surface area contributed by atoms with E-state index in [-0.39, 0.29) is 22.7 Å². The van der Waals surface area contributed by atoms with Crippen molar-refractivity contribution in [2.45, 2.75) is 20.0 Å². The van der Waals surface area contributed by atoms with Crippen molar-refractivity contribution in [3.05, 3.63) is 80.6 Å². The van der Waals surface area contributed by atoms with Crippen molar-refractivity contribution in [2.24, 2.45) is 0 Å². The summed E-state index contributed by atoms with van der Waals surface area (Å²) in [6.45, 7) is 2.52. The molecule has 0 saturated carbocycles. The van der Waals surface area contributed by atoms with Gasteiger partial charge in [-0.2, -0.15) is 0 Å². The number of anilines is 1. The summed E-state index contributed by atoms with van der Waals surface area (Å²) in [5, 5.41) is 4.01. The number of fused-ring (bicyclic) bond motifs is 1. The number of ether oxygens (including phenoxy) is 1. The molecule has 0 aliphatic carbocycles. The number of aryl methyl sites for hydroxylation is 1. The Kier molecular flexibility index (Phi) is 6.57. The lowest BCUT2D eigenvalue weighted by Gasteiger charge is -2.15. The van der Waals surface area contributed by atoms with E-state index in [0.29, 0.717) is 45.7 Å². The van der Waals surface area contributed by atoms with E-state index in [1.807, 2.05) is 6.92 Å². The summed E-state index contributed by atoms with van der Waals surface area (Å²) in [5.41, 5.74) is 3.30. The summed E-state index contributed by atoms with van der Waals surface area (Å²) in [5.74, 6) is -0.129. The van der Waals surface area contributed by atoms with Crippen LogP contribution in [-0.2, 0) is 13.1 Å².